The second kappa shape index (κ2) is 5.36. The number of primary amides is 1. The van der Waals surface area contributed by atoms with Crippen LogP contribution in [0, 0.1) is 0 Å². The Labute approximate surface area is 104 Å². The lowest BCUT2D eigenvalue weighted by molar-refractivity contribution is -0.124. The van der Waals surface area contributed by atoms with E-state index in [0.717, 1.165) is 19.5 Å². The maximum absolute atomic E-state index is 11.8. The van der Waals surface area contributed by atoms with Gasteiger partial charge in [0.05, 0.1) is 0 Å². The van der Waals surface area contributed by atoms with Crippen LogP contribution in [0.5, 0.6) is 0 Å². The molecule has 98 valence electrons. The van der Waals surface area contributed by atoms with Crippen molar-refractivity contribution in [2.75, 3.05) is 20.1 Å². The first kappa shape index (κ1) is 12.8. The molecular weight excluding hydrogens is 214 g/mol. The second-order valence-corrected chi connectivity index (χ2v) is 5.77. The first-order chi connectivity index (χ1) is 8.12. The van der Waals surface area contributed by atoms with Gasteiger partial charge in [-0.2, -0.15) is 0 Å². The van der Waals surface area contributed by atoms with Gasteiger partial charge in [0.2, 0.25) is 5.91 Å². The maximum Gasteiger partial charge on any atom is 0.239 e. The Balaban J connectivity index is 1.99. The van der Waals surface area contributed by atoms with Crippen LogP contribution in [-0.4, -0.2) is 42.5 Å². The van der Waals surface area contributed by atoms with Crippen LogP contribution in [0.2, 0.25) is 0 Å². The van der Waals surface area contributed by atoms with Crippen molar-refractivity contribution in [2.24, 2.45) is 5.73 Å². The number of nitrogens with one attached hydrogen (secondary N) is 1. The third-order valence-corrected chi connectivity index (χ3v) is 4.27. The fraction of sp³-hybridized carbons (Fsp3) is 0.923. The largest absolute Gasteiger partial charge is 0.368 e. The second-order valence-electron chi connectivity index (χ2n) is 5.77. The van der Waals surface area contributed by atoms with Gasteiger partial charge in [-0.3, -0.25) is 10.1 Å². The molecule has 1 saturated heterocycles. The highest BCUT2D eigenvalue weighted by atomic mass is 16.1. The molecular formula is C13H25N3O. The molecule has 2 rings (SSSR count). The average Bonchev–Trinajstić information content (AvgIpc) is 2.51. The van der Waals surface area contributed by atoms with Gasteiger partial charge >= 0.3 is 0 Å². The highest BCUT2D eigenvalue weighted by Crippen LogP contribution is 2.24. The van der Waals surface area contributed by atoms with Crippen molar-refractivity contribution in [1.82, 2.24) is 10.2 Å². The molecule has 1 unspecified atom stereocenters. The molecule has 2 aliphatic rings. The minimum atomic E-state index is -0.468. The third-order valence-electron chi connectivity index (χ3n) is 4.27. The van der Waals surface area contributed by atoms with E-state index in [0.29, 0.717) is 6.04 Å². The molecule has 2 fully saturated rings. The number of hydrogen-bond acceptors (Lipinski definition) is 3. The summed E-state index contributed by atoms with van der Waals surface area (Å²) in [4.78, 5) is 14.0. The van der Waals surface area contributed by atoms with E-state index in [1.807, 2.05) is 0 Å². The van der Waals surface area contributed by atoms with E-state index >= 15 is 0 Å². The Morgan fingerprint density at radius 3 is 2.41 bits per heavy atom. The lowest BCUT2D eigenvalue weighted by atomic mass is 9.94. The normalized spacial score (nSPS) is 32.5. The quantitative estimate of drug-likeness (QED) is 0.718. The molecule has 1 aliphatic heterocycles. The summed E-state index contributed by atoms with van der Waals surface area (Å²) in [7, 11) is 2.06. The third kappa shape index (κ3) is 2.99. The molecule has 4 nitrogen and oxygen atoms in total. The molecule has 1 saturated carbocycles. The summed E-state index contributed by atoms with van der Waals surface area (Å²) in [6.07, 6.45) is 8.47. The van der Waals surface area contributed by atoms with Crippen LogP contribution in [0.4, 0.5) is 0 Å². The Hall–Kier alpha value is -0.610. The van der Waals surface area contributed by atoms with E-state index in [1.54, 1.807) is 0 Å². The van der Waals surface area contributed by atoms with Gasteiger partial charge in [0.1, 0.15) is 5.54 Å². The molecule has 4 heteroatoms. The monoisotopic (exact) mass is 239 g/mol. The van der Waals surface area contributed by atoms with Crippen molar-refractivity contribution in [3.05, 3.63) is 0 Å². The molecule has 17 heavy (non-hydrogen) atoms. The lowest BCUT2D eigenvalue weighted by Crippen LogP contribution is -2.60. The predicted molar refractivity (Wildman–Crippen MR) is 68.7 cm³/mol. The molecule has 0 aromatic heterocycles. The zero-order valence-electron chi connectivity index (χ0n) is 10.9. The molecule has 0 spiro atoms. The molecule has 1 aliphatic carbocycles. The van der Waals surface area contributed by atoms with E-state index in [2.05, 4.69) is 17.3 Å². The minimum Gasteiger partial charge on any atom is -0.368 e. The fourth-order valence-electron chi connectivity index (χ4n) is 3.21. The number of likely N-dealkylation sites (N-methyl/N-ethyl adjacent to an activating group) is 1. The number of nitrogens with two attached hydrogens (primary N) is 1. The van der Waals surface area contributed by atoms with Crippen molar-refractivity contribution in [3.8, 4) is 0 Å². The summed E-state index contributed by atoms with van der Waals surface area (Å²) in [5, 5.41) is 3.58. The Morgan fingerprint density at radius 1 is 1.29 bits per heavy atom. The van der Waals surface area contributed by atoms with Crippen LogP contribution in [0.25, 0.3) is 0 Å². The van der Waals surface area contributed by atoms with Gasteiger partial charge < -0.3 is 10.6 Å². The molecule has 1 amide bonds. The predicted octanol–water partition coefficient (Wildman–Crippen LogP) is 0.858. The van der Waals surface area contributed by atoms with E-state index in [1.165, 1.54) is 38.5 Å². The number of nitrogens with zero attached hydrogens (tertiary/aromatic N) is 1. The summed E-state index contributed by atoms with van der Waals surface area (Å²) in [5.74, 6) is -0.175. The van der Waals surface area contributed by atoms with Crippen LogP contribution in [-0.2, 0) is 4.79 Å². The number of likely N-dealkylation sites (tertiary alicyclic amines) is 1. The number of rotatable bonds is 3. The lowest BCUT2D eigenvalue weighted by Gasteiger charge is -2.31. The molecule has 0 aromatic rings. The molecule has 1 heterocycles. The van der Waals surface area contributed by atoms with Gasteiger partial charge in [-0.15, -0.1) is 0 Å². The van der Waals surface area contributed by atoms with E-state index in [9.17, 15) is 4.79 Å². The molecule has 3 N–H and O–H groups in total. The van der Waals surface area contributed by atoms with Crippen molar-refractivity contribution >= 4 is 5.91 Å². The number of carbonyl (C=O) groups excluding carboxylic acids is 1. The SMILES string of the molecule is CN1CCC(NC2CCCCCC2)(C(N)=O)C1. The topological polar surface area (TPSA) is 58.4 Å². The number of amides is 1. The summed E-state index contributed by atoms with van der Waals surface area (Å²) in [5.41, 5.74) is 5.15. The molecule has 1 atom stereocenters. The van der Waals surface area contributed by atoms with Crippen LogP contribution in [0.1, 0.15) is 44.9 Å². The van der Waals surface area contributed by atoms with Gasteiger partial charge in [-0.25, -0.2) is 0 Å². The van der Waals surface area contributed by atoms with Crippen LogP contribution < -0.4 is 11.1 Å². The Kier molecular flexibility index (Phi) is 4.05. The van der Waals surface area contributed by atoms with Gasteiger partial charge in [0, 0.05) is 19.1 Å². The van der Waals surface area contributed by atoms with E-state index in [4.69, 9.17) is 5.73 Å². The zero-order chi connectivity index (χ0) is 12.3. The van der Waals surface area contributed by atoms with E-state index < -0.39 is 5.54 Å². The van der Waals surface area contributed by atoms with Crippen LogP contribution in [0.3, 0.4) is 0 Å². The van der Waals surface area contributed by atoms with Gasteiger partial charge in [0.15, 0.2) is 0 Å². The first-order valence-electron chi connectivity index (χ1n) is 6.88. The highest BCUT2D eigenvalue weighted by molar-refractivity contribution is 5.85. The van der Waals surface area contributed by atoms with Crippen LogP contribution >= 0.6 is 0 Å². The smallest absolute Gasteiger partial charge is 0.239 e. The Morgan fingerprint density at radius 2 is 1.94 bits per heavy atom. The Bertz CT molecular complexity index is 274. The standard InChI is InChI=1S/C13H25N3O/c1-16-9-8-13(10-16,12(14)17)15-11-6-4-2-3-5-7-11/h11,15H,2-10H2,1H3,(H2,14,17). The summed E-state index contributed by atoms with van der Waals surface area (Å²) < 4.78 is 0. The summed E-state index contributed by atoms with van der Waals surface area (Å²) in [6.45, 7) is 1.72. The summed E-state index contributed by atoms with van der Waals surface area (Å²) >= 11 is 0. The van der Waals surface area contributed by atoms with Gasteiger partial charge in [0.25, 0.3) is 0 Å². The molecule has 0 bridgehead atoms. The van der Waals surface area contributed by atoms with Gasteiger partial charge in [-0.05, 0) is 26.3 Å². The van der Waals surface area contributed by atoms with Crippen LogP contribution in [0.15, 0.2) is 0 Å². The number of carbonyl (C=O) groups is 1. The summed E-state index contributed by atoms with van der Waals surface area (Å²) in [6, 6.07) is 0.483. The minimum absolute atomic E-state index is 0.175. The van der Waals surface area contributed by atoms with E-state index in [-0.39, 0.29) is 5.91 Å². The highest BCUT2D eigenvalue weighted by Gasteiger charge is 2.43. The maximum atomic E-state index is 11.8. The first-order valence-corrected chi connectivity index (χ1v) is 6.88. The van der Waals surface area contributed by atoms with Crippen molar-refractivity contribution in [3.63, 3.8) is 0 Å². The fourth-order valence-corrected chi connectivity index (χ4v) is 3.21. The molecule has 0 radical (unpaired) electrons. The average molecular weight is 239 g/mol. The molecule has 0 aromatic carbocycles. The van der Waals surface area contributed by atoms with Crippen molar-refractivity contribution < 1.29 is 4.79 Å². The zero-order valence-corrected chi connectivity index (χ0v) is 10.9. The van der Waals surface area contributed by atoms with Crippen molar-refractivity contribution in [2.45, 2.75) is 56.5 Å². The number of hydrogen-bond donors (Lipinski definition) is 2. The van der Waals surface area contributed by atoms with Gasteiger partial charge in [-0.1, -0.05) is 25.7 Å². The van der Waals surface area contributed by atoms with Crippen molar-refractivity contribution in [1.29, 1.82) is 0 Å².